The van der Waals surface area contributed by atoms with Gasteiger partial charge in [0.05, 0.1) is 17.5 Å². The first kappa shape index (κ1) is 12.7. The molecule has 0 spiro atoms. The van der Waals surface area contributed by atoms with Crippen LogP contribution < -0.4 is 5.32 Å². The van der Waals surface area contributed by atoms with Crippen molar-refractivity contribution in [2.75, 3.05) is 11.5 Å². The van der Waals surface area contributed by atoms with Crippen molar-refractivity contribution in [3.63, 3.8) is 0 Å². The molecule has 2 aromatic rings. The van der Waals surface area contributed by atoms with Gasteiger partial charge in [0.25, 0.3) is 0 Å². The van der Waals surface area contributed by atoms with Crippen LogP contribution in [-0.4, -0.2) is 26.0 Å². The molecule has 3 rings (SSSR count). The standard InChI is InChI=1S/C14H17NO3S/c1-2-11-8-19(16,17)9-12(15-11)14-7-10-5-3-4-6-13(10)18-14/h3-7,11-12,15H,2,8-9H2,1H3. The fourth-order valence-electron chi connectivity index (χ4n) is 2.58. The second-order valence-corrected chi connectivity index (χ2v) is 7.24. The number of sulfone groups is 1. The Morgan fingerprint density at radius 3 is 2.84 bits per heavy atom. The van der Waals surface area contributed by atoms with Crippen LogP contribution in [0.5, 0.6) is 0 Å². The van der Waals surface area contributed by atoms with Crippen molar-refractivity contribution in [1.82, 2.24) is 5.32 Å². The highest BCUT2D eigenvalue weighted by Crippen LogP contribution is 2.27. The van der Waals surface area contributed by atoms with Gasteiger partial charge in [-0.2, -0.15) is 0 Å². The fourth-order valence-corrected chi connectivity index (χ4v) is 4.43. The molecule has 102 valence electrons. The van der Waals surface area contributed by atoms with Crippen LogP contribution in [0, 0.1) is 0 Å². The largest absolute Gasteiger partial charge is 0.459 e. The average molecular weight is 279 g/mol. The topological polar surface area (TPSA) is 59.3 Å². The van der Waals surface area contributed by atoms with Crippen LogP contribution in [-0.2, 0) is 9.84 Å². The van der Waals surface area contributed by atoms with E-state index in [1.54, 1.807) is 0 Å². The lowest BCUT2D eigenvalue weighted by atomic mass is 10.1. The lowest BCUT2D eigenvalue weighted by Crippen LogP contribution is -2.46. The predicted molar refractivity (Wildman–Crippen MR) is 74.8 cm³/mol. The van der Waals surface area contributed by atoms with Gasteiger partial charge in [0.2, 0.25) is 0 Å². The number of rotatable bonds is 2. The molecule has 0 aliphatic carbocycles. The minimum absolute atomic E-state index is 0.0111. The molecule has 1 saturated heterocycles. The smallest absolute Gasteiger partial charge is 0.153 e. The van der Waals surface area contributed by atoms with Gasteiger partial charge in [-0.3, -0.25) is 0 Å². The predicted octanol–water partition coefficient (Wildman–Crippen LogP) is 2.27. The summed E-state index contributed by atoms with van der Waals surface area (Å²) < 4.78 is 29.6. The minimum Gasteiger partial charge on any atom is -0.459 e. The van der Waals surface area contributed by atoms with Gasteiger partial charge in [0.1, 0.15) is 11.3 Å². The number of furan rings is 1. The molecule has 2 unspecified atom stereocenters. The average Bonchev–Trinajstić information content (AvgIpc) is 2.80. The van der Waals surface area contributed by atoms with E-state index in [9.17, 15) is 8.42 Å². The molecule has 0 amide bonds. The maximum atomic E-state index is 11.9. The van der Waals surface area contributed by atoms with E-state index in [0.717, 1.165) is 17.4 Å². The molecule has 0 saturated carbocycles. The Morgan fingerprint density at radius 1 is 1.32 bits per heavy atom. The number of fused-ring (bicyclic) bond motifs is 1. The van der Waals surface area contributed by atoms with E-state index in [2.05, 4.69) is 5.32 Å². The van der Waals surface area contributed by atoms with E-state index < -0.39 is 9.84 Å². The Kier molecular flexibility index (Phi) is 3.11. The molecule has 1 aromatic heterocycles. The van der Waals surface area contributed by atoms with E-state index >= 15 is 0 Å². The van der Waals surface area contributed by atoms with Crippen LogP contribution in [0.15, 0.2) is 34.7 Å². The molecular weight excluding hydrogens is 262 g/mol. The summed E-state index contributed by atoms with van der Waals surface area (Å²) in [5, 5.41) is 4.37. The van der Waals surface area contributed by atoms with Gasteiger partial charge < -0.3 is 9.73 Å². The number of benzene rings is 1. The molecule has 2 heterocycles. The molecule has 4 nitrogen and oxygen atoms in total. The van der Waals surface area contributed by atoms with Crippen molar-refractivity contribution in [3.8, 4) is 0 Å². The summed E-state index contributed by atoms with van der Waals surface area (Å²) in [6.45, 7) is 1.99. The number of hydrogen-bond donors (Lipinski definition) is 1. The minimum atomic E-state index is -3.00. The Labute approximate surface area is 112 Å². The van der Waals surface area contributed by atoms with Crippen molar-refractivity contribution in [2.45, 2.75) is 25.4 Å². The molecule has 1 N–H and O–H groups in total. The zero-order valence-corrected chi connectivity index (χ0v) is 11.6. The summed E-state index contributed by atoms with van der Waals surface area (Å²) in [4.78, 5) is 0. The number of nitrogens with one attached hydrogen (secondary N) is 1. The lowest BCUT2D eigenvalue weighted by Gasteiger charge is -2.29. The third-order valence-corrected chi connectivity index (χ3v) is 5.34. The fraction of sp³-hybridized carbons (Fsp3) is 0.429. The number of para-hydroxylation sites is 1. The van der Waals surface area contributed by atoms with E-state index in [0.29, 0.717) is 5.76 Å². The SMILES string of the molecule is CCC1CS(=O)(=O)CC(c2cc3ccccc3o2)N1. The van der Waals surface area contributed by atoms with Crippen molar-refractivity contribution in [1.29, 1.82) is 0 Å². The van der Waals surface area contributed by atoms with Gasteiger partial charge in [-0.05, 0) is 18.6 Å². The summed E-state index contributed by atoms with van der Waals surface area (Å²) in [7, 11) is -3.00. The maximum absolute atomic E-state index is 11.9. The summed E-state index contributed by atoms with van der Waals surface area (Å²) in [5.41, 5.74) is 0.801. The van der Waals surface area contributed by atoms with E-state index in [-0.39, 0.29) is 23.6 Å². The van der Waals surface area contributed by atoms with Gasteiger partial charge in [-0.25, -0.2) is 8.42 Å². The summed E-state index contributed by atoms with van der Waals surface area (Å²) >= 11 is 0. The first-order chi connectivity index (χ1) is 9.07. The third-order valence-electron chi connectivity index (χ3n) is 3.59. The molecule has 0 bridgehead atoms. The van der Waals surface area contributed by atoms with E-state index in [1.165, 1.54) is 0 Å². The molecule has 1 fully saturated rings. The van der Waals surface area contributed by atoms with Crippen molar-refractivity contribution >= 4 is 20.8 Å². The molecule has 0 radical (unpaired) electrons. The van der Waals surface area contributed by atoms with Crippen LogP contribution in [0.4, 0.5) is 0 Å². The van der Waals surface area contributed by atoms with Crippen LogP contribution in [0.3, 0.4) is 0 Å². The molecule has 2 atom stereocenters. The molecule has 1 aliphatic heterocycles. The van der Waals surface area contributed by atoms with Crippen molar-refractivity contribution < 1.29 is 12.8 Å². The van der Waals surface area contributed by atoms with Gasteiger partial charge in [0, 0.05) is 11.4 Å². The zero-order chi connectivity index (χ0) is 13.5. The quantitative estimate of drug-likeness (QED) is 0.916. The van der Waals surface area contributed by atoms with Crippen LogP contribution >= 0.6 is 0 Å². The highest BCUT2D eigenvalue weighted by Gasteiger charge is 2.32. The Bertz CT molecular complexity index is 657. The second-order valence-electron chi connectivity index (χ2n) is 5.09. The summed E-state index contributed by atoms with van der Waals surface area (Å²) in [5.74, 6) is 1.05. The highest BCUT2D eigenvalue weighted by molar-refractivity contribution is 7.91. The van der Waals surface area contributed by atoms with Gasteiger partial charge in [-0.15, -0.1) is 0 Å². The van der Waals surface area contributed by atoms with Gasteiger partial charge in [-0.1, -0.05) is 25.1 Å². The molecular formula is C14H17NO3S. The van der Waals surface area contributed by atoms with Crippen LogP contribution in [0.1, 0.15) is 25.1 Å². The summed E-state index contributed by atoms with van der Waals surface area (Å²) in [6.07, 6.45) is 0.802. The van der Waals surface area contributed by atoms with Gasteiger partial charge in [0.15, 0.2) is 9.84 Å². The molecule has 1 aromatic carbocycles. The van der Waals surface area contributed by atoms with Gasteiger partial charge >= 0.3 is 0 Å². The number of hydrogen-bond acceptors (Lipinski definition) is 4. The zero-order valence-electron chi connectivity index (χ0n) is 10.8. The van der Waals surface area contributed by atoms with Crippen LogP contribution in [0.2, 0.25) is 0 Å². The monoisotopic (exact) mass is 279 g/mol. The highest BCUT2D eigenvalue weighted by atomic mass is 32.2. The van der Waals surface area contributed by atoms with Crippen molar-refractivity contribution in [3.05, 3.63) is 36.1 Å². The maximum Gasteiger partial charge on any atom is 0.153 e. The Balaban J connectivity index is 1.96. The summed E-state index contributed by atoms with van der Waals surface area (Å²) in [6, 6.07) is 9.43. The Morgan fingerprint density at radius 2 is 2.11 bits per heavy atom. The van der Waals surface area contributed by atoms with E-state index in [4.69, 9.17) is 4.42 Å². The van der Waals surface area contributed by atoms with Crippen molar-refractivity contribution in [2.24, 2.45) is 0 Å². The Hall–Kier alpha value is -1.33. The first-order valence-electron chi connectivity index (χ1n) is 6.52. The normalized spacial score (nSPS) is 26.6. The molecule has 1 aliphatic rings. The third kappa shape index (κ3) is 2.53. The molecule has 5 heteroatoms. The first-order valence-corrected chi connectivity index (χ1v) is 8.34. The van der Waals surface area contributed by atoms with E-state index in [1.807, 2.05) is 37.3 Å². The van der Waals surface area contributed by atoms with Crippen LogP contribution in [0.25, 0.3) is 11.0 Å². The second kappa shape index (κ2) is 4.65. The molecule has 19 heavy (non-hydrogen) atoms. The lowest BCUT2D eigenvalue weighted by molar-refractivity contribution is 0.389.